The Morgan fingerprint density at radius 2 is 2.03 bits per heavy atom. The van der Waals surface area contributed by atoms with E-state index in [4.69, 9.17) is 9.72 Å². The van der Waals surface area contributed by atoms with Gasteiger partial charge >= 0.3 is 0 Å². The number of nitrogens with zero attached hydrogens (tertiary/aromatic N) is 2. The number of ether oxygens (including phenoxy) is 1. The maximum absolute atomic E-state index is 13.6. The molecule has 0 aliphatic carbocycles. The van der Waals surface area contributed by atoms with Crippen LogP contribution in [0.4, 0.5) is 0 Å². The standard InChI is InChI=1S/C23H29N3O3S2/c1-6-18-16(4)31-21-20(18)22(28)26(17-9-8-14(2)15(3)12-17)23(25-21)30-13-19(27)24-10-7-11-29-5/h8-9,12H,6-7,10-11,13H2,1-5H3,(H,24,27). The monoisotopic (exact) mass is 459 g/mol. The molecule has 0 atom stereocenters. The van der Waals surface area contributed by atoms with Crippen LogP contribution in [-0.2, 0) is 16.0 Å². The average Bonchev–Trinajstić information content (AvgIpc) is 3.07. The van der Waals surface area contributed by atoms with E-state index in [1.165, 1.54) is 11.8 Å². The van der Waals surface area contributed by atoms with Crippen molar-refractivity contribution in [1.29, 1.82) is 0 Å². The number of methoxy groups -OCH3 is 1. The normalized spacial score (nSPS) is 11.3. The van der Waals surface area contributed by atoms with Gasteiger partial charge in [-0.1, -0.05) is 24.8 Å². The molecule has 1 amide bonds. The Balaban J connectivity index is 2.01. The summed E-state index contributed by atoms with van der Waals surface area (Å²) in [5.41, 5.74) is 4.03. The van der Waals surface area contributed by atoms with Crippen molar-refractivity contribution in [1.82, 2.24) is 14.9 Å². The molecule has 3 aromatic rings. The predicted octanol–water partition coefficient (Wildman–Crippen LogP) is 4.18. The van der Waals surface area contributed by atoms with Gasteiger partial charge in [0.25, 0.3) is 5.56 Å². The number of rotatable bonds is 9. The van der Waals surface area contributed by atoms with Gasteiger partial charge < -0.3 is 10.1 Å². The molecule has 2 heterocycles. The summed E-state index contributed by atoms with van der Waals surface area (Å²) in [5, 5.41) is 4.12. The zero-order valence-electron chi connectivity index (χ0n) is 18.7. The Morgan fingerprint density at radius 3 is 2.71 bits per heavy atom. The first-order valence-electron chi connectivity index (χ1n) is 10.4. The fraction of sp³-hybridized carbons (Fsp3) is 0.435. The third-order valence-electron chi connectivity index (χ3n) is 5.28. The van der Waals surface area contributed by atoms with Gasteiger partial charge in [-0.05, 0) is 62.4 Å². The van der Waals surface area contributed by atoms with Crippen molar-refractivity contribution in [2.45, 2.75) is 45.7 Å². The number of carbonyl (C=O) groups excluding carboxylic acids is 1. The van der Waals surface area contributed by atoms with E-state index in [1.807, 2.05) is 39.0 Å². The Bertz CT molecular complexity index is 1150. The fourth-order valence-corrected chi connectivity index (χ4v) is 5.44. The molecular formula is C23H29N3O3S2. The highest BCUT2D eigenvalue weighted by atomic mass is 32.2. The molecule has 166 valence electrons. The molecule has 1 aromatic carbocycles. The molecule has 8 heteroatoms. The lowest BCUT2D eigenvalue weighted by Gasteiger charge is -2.14. The van der Waals surface area contributed by atoms with Gasteiger partial charge in [0.1, 0.15) is 4.83 Å². The van der Waals surface area contributed by atoms with E-state index in [0.29, 0.717) is 23.7 Å². The maximum atomic E-state index is 13.6. The number of amides is 1. The van der Waals surface area contributed by atoms with Crippen molar-refractivity contribution in [2.24, 2.45) is 0 Å². The van der Waals surface area contributed by atoms with Crippen molar-refractivity contribution in [2.75, 3.05) is 26.0 Å². The summed E-state index contributed by atoms with van der Waals surface area (Å²) in [4.78, 5) is 32.6. The number of benzene rings is 1. The number of carbonyl (C=O) groups is 1. The molecule has 3 rings (SSSR count). The molecule has 0 saturated carbocycles. The largest absolute Gasteiger partial charge is 0.385 e. The molecule has 31 heavy (non-hydrogen) atoms. The highest BCUT2D eigenvalue weighted by Crippen LogP contribution is 2.30. The van der Waals surface area contributed by atoms with Crippen LogP contribution >= 0.6 is 23.1 Å². The van der Waals surface area contributed by atoms with E-state index in [0.717, 1.165) is 44.9 Å². The van der Waals surface area contributed by atoms with Gasteiger partial charge in [-0.3, -0.25) is 14.2 Å². The summed E-state index contributed by atoms with van der Waals surface area (Å²) >= 11 is 2.83. The minimum absolute atomic E-state index is 0.0718. The van der Waals surface area contributed by atoms with Crippen LogP contribution in [0.3, 0.4) is 0 Å². The molecule has 0 aliphatic heterocycles. The molecule has 0 spiro atoms. The van der Waals surface area contributed by atoms with Gasteiger partial charge in [0.15, 0.2) is 5.16 Å². The highest BCUT2D eigenvalue weighted by molar-refractivity contribution is 7.99. The quantitative estimate of drug-likeness (QED) is 0.295. The van der Waals surface area contributed by atoms with Crippen LogP contribution in [0.5, 0.6) is 0 Å². The van der Waals surface area contributed by atoms with Gasteiger partial charge in [0.05, 0.1) is 16.8 Å². The van der Waals surface area contributed by atoms with Gasteiger partial charge in [-0.2, -0.15) is 0 Å². The number of thioether (sulfide) groups is 1. The van der Waals surface area contributed by atoms with Crippen molar-refractivity contribution in [3.8, 4) is 5.69 Å². The summed E-state index contributed by atoms with van der Waals surface area (Å²) in [6.45, 7) is 9.34. The summed E-state index contributed by atoms with van der Waals surface area (Å²) < 4.78 is 6.66. The lowest BCUT2D eigenvalue weighted by Crippen LogP contribution is -2.28. The van der Waals surface area contributed by atoms with Crippen LogP contribution in [0.2, 0.25) is 0 Å². The van der Waals surface area contributed by atoms with Gasteiger partial charge in [0, 0.05) is 25.1 Å². The number of aromatic nitrogens is 2. The molecular weight excluding hydrogens is 430 g/mol. The number of nitrogens with one attached hydrogen (secondary N) is 1. The fourth-order valence-electron chi connectivity index (χ4n) is 3.44. The maximum Gasteiger partial charge on any atom is 0.267 e. The van der Waals surface area contributed by atoms with E-state index in [1.54, 1.807) is 23.0 Å². The Kier molecular flexibility index (Phi) is 7.91. The van der Waals surface area contributed by atoms with Crippen molar-refractivity contribution in [3.63, 3.8) is 0 Å². The molecule has 1 N–H and O–H groups in total. The van der Waals surface area contributed by atoms with Crippen LogP contribution in [0.15, 0.2) is 28.2 Å². The second-order valence-electron chi connectivity index (χ2n) is 7.46. The topological polar surface area (TPSA) is 73.2 Å². The zero-order chi connectivity index (χ0) is 22.5. The van der Waals surface area contributed by atoms with Gasteiger partial charge in [0.2, 0.25) is 5.91 Å². The van der Waals surface area contributed by atoms with E-state index in [-0.39, 0.29) is 17.2 Å². The van der Waals surface area contributed by atoms with Crippen LogP contribution in [-0.4, -0.2) is 41.5 Å². The van der Waals surface area contributed by atoms with Crippen molar-refractivity contribution in [3.05, 3.63) is 50.1 Å². The average molecular weight is 460 g/mol. The first-order valence-corrected chi connectivity index (χ1v) is 12.2. The second-order valence-corrected chi connectivity index (χ2v) is 9.60. The van der Waals surface area contributed by atoms with Crippen LogP contribution in [0.1, 0.15) is 34.9 Å². The van der Waals surface area contributed by atoms with Crippen molar-refractivity contribution >= 4 is 39.2 Å². The van der Waals surface area contributed by atoms with Gasteiger partial charge in [-0.15, -0.1) is 11.3 Å². The number of hydrogen-bond acceptors (Lipinski definition) is 6. The molecule has 0 fully saturated rings. The molecule has 0 aliphatic rings. The van der Waals surface area contributed by atoms with Crippen LogP contribution < -0.4 is 10.9 Å². The molecule has 0 unspecified atom stereocenters. The Morgan fingerprint density at radius 1 is 1.26 bits per heavy atom. The van der Waals surface area contributed by atoms with E-state index < -0.39 is 0 Å². The van der Waals surface area contributed by atoms with Crippen molar-refractivity contribution < 1.29 is 9.53 Å². The van der Waals surface area contributed by atoms with E-state index in [2.05, 4.69) is 12.2 Å². The Labute approximate surface area is 191 Å². The minimum atomic E-state index is -0.0845. The third kappa shape index (κ3) is 5.19. The predicted molar refractivity (Wildman–Crippen MR) is 129 cm³/mol. The summed E-state index contributed by atoms with van der Waals surface area (Å²) in [7, 11) is 1.64. The molecule has 2 aromatic heterocycles. The molecule has 0 bridgehead atoms. The summed E-state index contributed by atoms with van der Waals surface area (Å²) in [5.74, 6) is 0.111. The lowest BCUT2D eigenvalue weighted by atomic mass is 10.1. The van der Waals surface area contributed by atoms with E-state index >= 15 is 0 Å². The van der Waals surface area contributed by atoms with Gasteiger partial charge in [-0.25, -0.2) is 4.98 Å². The first-order chi connectivity index (χ1) is 14.9. The first kappa shape index (κ1) is 23.5. The molecule has 0 saturated heterocycles. The SMILES string of the molecule is CCc1c(C)sc2nc(SCC(=O)NCCCOC)n(-c3ccc(C)c(C)c3)c(=O)c12. The zero-order valence-corrected chi connectivity index (χ0v) is 20.3. The summed E-state index contributed by atoms with van der Waals surface area (Å²) in [6, 6.07) is 5.96. The second kappa shape index (κ2) is 10.4. The van der Waals surface area contributed by atoms with Crippen LogP contribution in [0, 0.1) is 20.8 Å². The number of fused-ring (bicyclic) bond motifs is 1. The number of aryl methyl sites for hydroxylation is 4. The van der Waals surface area contributed by atoms with Crippen LogP contribution in [0.25, 0.3) is 15.9 Å². The van der Waals surface area contributed by atoms with E-state index in [9.17, 15) is 9.59 Å². The Hall–Kier alpha value is -2.16. The third-order valence-corrected chi connectivity index (χ3v) is 7.26. The number of hydrogen-bond donors (Lipinski definition) is 1. The molecule has 0 radical (unpaired) electrons. The minimum Gasteiger partial charge on any atom is -0.385 e. The number of thiophene rings is 1. The summed E-state index contributed by atoms with van der Waals surface area (Å²) in [6.07, 6.45) is 1.55. The molecule has 6 nitrogen and oxygen atoms in total. The highest BCUT2D eigenvalue weighted by Gasteiger charge is 2.20. The smallest absolute Gasteiger partial charge is 0.267 e. The lowest BCUT2D eigenvalue weighted by molar-refractivity contribution is -0.118.